The maximum Gasteiger partial charge on any atom is 0.417 e. The number of hydrogen-bond donors (Lipinski definition) is 2. The molecule has 0 unspecified atom stereocenters. The number of piperidine rings is 1. The SMILES string of the molecule is C[C@](O)(C1CCN(C(=O)c2cccc(O)c2)CC1)C(F)(F)F. The number of phenols is 1. The number of phenolic OH excluding ortho intramolecular Hbond substituents is 1. The molecule has 1 saturated heterocycles. The second-order valence-electron chi connectivity index (χ2n) is 5.76. The monoisotopic (exact) mass is 317 g/mol. The standard InChI is InChI=1S/C15H18F3NO3/c1-14(22,15(16,17)18)11-5-7-19(8-6-11)13(21)10-3-2-4-12(20)9-10/h2-4,9,11,20,22H,5-8H2,1H3/t14-/m0/s1. The number of aromatic hydroxyl groups is 1. The largest absolute Gasteiger partial charge is 0.508 e. The van der Waals surface area contributed by atoms with Crippen molar-refractivity contribution in [1.29, 1.82) is 0 Å². The van der Waals surface area contributed by atoms with Gasteiger partial charge in [0.15, 0.2) is 5.60 Å². The van der Waals surface area contributed by atoms with Gasteiger partial charge in [-0.1, -0.05) is 6.07 Å². The molecule has 0 aliphatic carbocycles. The van der Waals surface area contributed by atoms with E-state index < -0.39 is 17.7 Å². The van der Waals surface area contributed by atoms with Crippen molar-refractivity contribution in [2.24, 2.45) is 5.92 Å². The Kier molecular flexibility index (Phi) is 4.37. The molecule has 2 N–H and O–H groups in total. The van der Waals surface area contributed by atoms with E-state index in [1.54, 1.807) is 6.07 Å². The minimum Gasteiger partial charge on any atom is -0.508 e. The lowest BCUT2D eigenvalue weighted by Crippen LogP contribution is -2.53. The molecule has 4 nitrogen and oxygen atoms in total. The summed E-state index contributed by atoms with van der Waals surface area (Å²) in [6.07, 6.45) is -4.52. The lowest BCUT2D eigenvalue weighted by atomic mass is 9.81. The van der Waals surface area contributed by atoms with Crippen LogP contribution in [0, 0.1) is 5.92 Å². The second-order valence-corrected chi connectivity index (χ2v) is 5.76. The molecule has 0 spiro atoms. The molecule has 0 aromatic heterocycles. The van der Waals surface area contributed by atoms with Crippen molar-refractivity contribution in [3.8, 4) is 5.75 Å². The molecular formula is C15H18F3NO3. The van der Waals surface area contributed by atoms with Crippen molar-refractivity contribution < 1.29 is 28.2 Å². The Hall–Kier alpha value is -1.76. The molecule has 7 heteroatoms. The van der Waals surface area contributed by atoms with E-state index in [4.69, 9.17) is 0 Å². The molecular weight excluding hydrogens is 299 g/mol. The number of amides is 1. The van der Waals surface area contributed by atoms with Gasteiger partial charge in [0.2, 0.25) is 0 Å². The highest BCUT2D eigenvalue weighted by Crippen LogP contribution is 2.40. The molecule has 1 amide bonds. The van der Waals surface area contributed by atoms with Crippen LogP contribution in [0.25, 0.3) is 0 Å². The maximum atomic E-state index is 12.8. The van der Waals surface area contributed by atoms with E-state index in [2.05, 4.69) is 0 Å². The minimum absolute atomic E-state index is 0.0410. The summed E-state index contributed by atoms with van der Waals surface area (Å²) >= 11 is 0. The number of carbonyl (C=O) groups excluding carboxylic acids is 1. The summed E-state index contributed by atoms with van der Waals surface area (Å²) in [6.45, 7) is 1.07. The van der Waals surface area contributed by atoms with Crippen molar-refractivity contribution in [1.82, 2.24) is 4.90 Å². The fraction of sp³-hybridized carbons (Fsp3) is 0.533. The van der Waals surface area contributed by atoms with Crippen LogP contribution in [0.1, 0.15) is 30.1 Å². The Balaban J connectivity index is 2.02. The van der Waals surface area contributed by atoms with Crippen LogP contribution < -0.4 is 0 Å². The number of alkyl halides is 3. The van der Waals surface area contributed by atoms with Crippen molar-refractivity contribution in [2.75, 3.05) is 13.1 Å². The predicted octanol–water partition coefficient (Wildman–Crippen LogP) is 2.56. The molecule has 0 bridgehead atoms. The van der Waals surface area contributed by atoms with Crippen LogP contribution in [0.5, 0.6) is 5.75 Å². The first-order valence-electron chi connectivity index (χ1n) is 7.00. The van der Waals surface area contributed by atoms with E-state index in [1.807, 2.05) is 0 Å². The molecule has 1 aromatic carbocycles. The fourth-order valence-corrected chi connectivity index (χ4v) is 2.70. The lowest BCUT2D eigenvalue weighted by molar-refractivity contribution is -0.275. The van der Waals surface area contributed by atoms with Gasteiger partial charge in [0.05, 0.1) is 0 Å². The number of likely N-dealkylation sites (tertiary alicyclic amines) is 1. The Bertz CT molecular complexity index is 549. The number of halogens is 3. The van der Waals surface area contributed by atoms with E-state index in [9.17, 15) is 28.2 Å². The van der Waals surface area contributed by atoms with Gasteiger partial charge in [0.25, 0.3) is 5.91 Å². The lowest BCUT2D eigenvalue weighted by Gasteiger charge is -2.40. The highest BCUT2D eigenvalue weighted by atomic mass is 19.4. The van der Waals surface area contributed by atoms with Crippen molar-refractivity contribution in [3.63, 3.8) is 0 Å². The summed E-state index contributed by atoms with van der Waals surface area (Å²) in [6, 6.07) is 5.83. The third kappa shape index (κ3) is 3.19. The van der Waals surface area contributed by atoms with Crippen LogP contribution in [0.2, 0.25) is 0 Å². The average Bonchev–Trinajstić information content (AvgIpc) is 2.45. The van der Waals surface area contributed by atoms with Gasteiger partial charge in [0, 0.05) is 18.7 Å². The highest BCUT2D eigenvalue weighted by Gasteiger charge is 2.55. The van der Waals surface area contributed by atoms with Crippen LogP contribution in [0.15, 0.2) is 24.3 Å². The molecule has 0 saturated carbocycles. The molecule has 1 aliphatic rings. The maximum absolute atomic E-state index is 12.8. The number of carbonyl (C=O) groups is 1. The zero-order valence-electron chi connectivity index (χ0n) is 12.1. The second kappa shape index (κ2) is 5.79. The summed E-state index contributed by atoms with van der Waals surface area (Å²) in [5, 5.41) is 19.1. The van der Waals surface area contributed by atoms with Gasteiger partial charge in [-0.2, -0.15) is 13.2 Å². The smallest absolute Gasteiger partial charge is 0.417 e. The summed E-state index contributed by atoms with van der Waals surface area (Å²) in [4.78, 5) is 13.7. The van der Waals surface area contributed by atoms with Gasteiger partial charge >= 0.3 is 6.18 Å². The van der Waals surface area contributed by atoms with Crippen LogP contribution >= 0.6 is 0 Å². The first-order chi connectivity index (χ1) is 10.1. The summed E-state index contributed by atoms with van der Waals surface area (Å²) in [5.41, 5.74) is -2.45. The number of aliphatic hydroxyl groups is 1. The van der Waals surface area contributed by atoms with Gasteiger partial charge in [0.1, 0.15) is 5.75 Å². The number of rotatable bonds is 2. The summed E-state index contributed by atoms with van der Waals surface area (Å²) < 4.78 is 38.5. The topological polar surface area (TPSA) is 60.8 Å². The van der Waals surface area contributed by atoms with Crippen LogP contribution in [-0.4, -0.2) is 45.9 Å². The molecule has 22 heavy (non-hydrogen) atoms. The number of benzene rings is 1. The van der Waals surface area contributed by atoms with E-state index in [1.165, 1.54) is 23.1 Å². The quantitative estimate of drug-likeness (QED) is 0.881. The summed E-state index contributed by atoms with van der Waals surface area (Å²) in [7, 11) is 0. The minimum atomic E-state index is -4.69. The van der Waals surface area contributed by atoms with Gasteiger partial charge in [-0.25, -0.2) is 0 Å². The number of hydrogen-bond acceptors (Lipinski definition) is 3. The average molecular weight is 317 g/mol. The zero-order valence-corrected chi connectivity index (χ0v) is 12.1. The van der Waals surface area contributed by atoms with Gasteiger partial charge in [-0.3, -0.25) is 4.79 Å². The van der Waals surface area contributed by atoms with Crippen molar-refractivity contribution in [3.05, 3.63) is 29.8 Å². The molecule has 1 heterocycles. The van der Waals surface area contributed by atoms with Crippen LogP contribution in [-0.2, 0) is 0 Å². The Morgan fingerprint density at radius 2 is 1.86 bits per heavy atom. The Morgan fingerprint density at radius 1 is 1.27 bits per heavy atom. The van der Waals surface area contributed by atoms with Crippen LogP contribution in [0.4, 0.5) is 13.2 Å². The van der Waals surface area contributed by atoms with E-state index in [-0.39, 0.29) is 37.6 Å². The van der Waals surface area contributed by atoms with Gasteiger partial charge in [-0.15, -0.1) is 0 Å². The first-order valence-corrected chi connectivity index (χ1v) is 7.00. The fourth-order valence-electron chi connectivity index (χ4n) is 2.70. The molecule has 2 rings (SSSR count). The summed E-state index contributed by atoms with van der Waals surface area (Å²) in [5.74, 6) is -1.30. The van der Waals surface area contributed by atoms with Crippen molar-refractivity contribution in [2.45, 2.75) is 31.5 Å². The molecule has 1 aliphatic heterocycles. The highest BCUT2D eigenvalue weighted by molar-refractivity contribution is 5.94. The third-order valence-corrected chi connectivity index (χ3v) is 4.24. The number of nitrogens with zero attached hydrogens (tertiary/aromatic N) is 1. The zero-order chi connectivity index (χ0) is 16.5. The molecule has 1 aromatic rings. The predicted molar refractivity (Wildman–Crippen MR) is 73.4 cm³/mol. The molecule has 1 fully saturated rings. The first kappa shape index (κ1) is 16.6. The molecule has 122 valence electrons. The molecule has 1 atom stereocenters. The van der Waals surface area contributed by atoms with Gasteiger partial charge in [-0.05, 0) is 43.9 Å². The Morgan fingerprint density at radius 3 is 2.36 bits per heavy atom. The van der Waals surface area contributed by atoms with E-state index in [0.717, 1.165) is 6.92 Å². The van der Waals surface area contributed by atoms with E-state index >= 15 is 0 Å². The van der Waals surface area contributed by atoms with E-state index in [0.29, 0.717) is 5.56 Å². The van der Waals surface area contributed by atoms with Gasteiger partial charge < -0.3 is 15.1 Å². The normalized spacial score (nSPS) is 19.8. The van der Waals surface area contributed by atoms with Crippen molar-refractivity contribution >= 4 is 5.91 Å². The Labute approximate surface area is 126 Å². The third-order valence-electron chi connectivity index (χ3n) is 4.24. The van der Waals surface area contributed by atoms with Crippen LogP contribution in [0.3, 0.4) is 0 Å². The molecule has 0 radical (unpaired) electrons.